The molecule has 1 unspecified atom stereocenters. The molecule has 0 fully saturated rings. The number of benzene rings is 2. The third-order valence-corrected chi connectivity index (χ3v) is 6.76. The van der Waals surface area contributed by atoms with Gasteiger partial charge in [-0.25, -0.2) is 4.79 Å². The number of hydrogen-bond acceptors (Lipinski definition) is 4. The van der Waals surface area contributed by atoms with Crippen molar-refractivity contribution in [3.05, 3.63) is 92.2 Å². The Kier molecular flexibility index (Phi) is 6.69. The van der Waals surface area contributed by atoms with Crippen LogP contribution in [0.3, 0.4) is 0 Å². The van der Waals surface area contributed by atoms with Crippen molar-refractivity contribution in [1.29, 1.82) is 0 Å². The number of nitrogens with one attached hydrogen (secondary N) is 1. The Bertz CT molecular complexity index is 1170. The van der Waals surface area contributed by atoms with Crippen molar-refractivity contribution in [3.63, 3.8) is 0 Å². The van der Waals surface area contributed by atoms with Crippen molar-refractivity contribution in [1.82, 2.24) is 5.32 Å². The fourth-order valence-electron chi connectivity index (χ4n) is 4.74. The smallest absolute Gasteiger partial charge is 0.336 e. The maximum atomic E-state index is 13.3. The van der Waals surface area contributed by atoms with Crippen molar-refractivity contribution < 1.29 is 14.3 Å². The molecule has 6 heteroatoms. The molecule has 2 aliphatic rings. The molecule has 0 radical (unpaired) electrons. The van der Waals surface area contributed by atoms with Gasteiger partial charge in [-0.05, 0) is 42.0 Å². The summed E-state index contributed by atoms with van der Waals surface area (Å²) < 4.78 is 5.69. The van der Waals surface area contributed by atoms with E-state index in [0.29, 0.717) is 51.7 Å². The van der Waals surface area contributed by atoms with E-state index in [1.54, 1.807) is 18.2 Å². The van der Waals surface area contributed by atoms with Gasteiger partial charge in [0.25, 0.3) is 0 Å². The van der Waals surface area contributed by atoms with Crippen LogP contribution in [0.25, 0.3) is 0 Å². The van der Waals surface area contributed by atoms with Crippen LogP contribution < -0.4 is 5.32 Å². The minimum Gasteiger partial charge on any atom is -0.462 e. The molecule has 0 aromatic heterocycles. The van der Waals surface area contributed by atoms with Gasteiger partial charge in [-0.1, -0.05) is 73.4 Å². The Hall–Kier alpha value is -2.56. The van der Waals surface area contributed by atoms with Crippen LogP contribution in [0.4, 0.5) is 0 Å². The molecular weight excluding hydrogens is 457 g/mol. The number of hydrogen-bond donors (Lipinski definition) is 1. The molecule has 2 aromatic rings. The van der Waals surface area contributed by atoms with Gasteiger partial charge in [0.2, 0.25) is 0 Å². The molecule has 1 aliphatic heterocycles. The zero-order chi connectivity index (χ0) is 23.8. The molecule has 0 spiro atoms. The van der Waals surface area contributed by atoms with Gasteiger partial charge in [0, 0.05) is 45.8 Å². The molecular formula is C27H27Cl2NO3. The van der Waals surface area contributed by atoms with Crippen LogP contribution >= 0.6 is 23.2 Å². The summed E-state index contributed by atoms with van der Waals surface area (Å²) in [6.45, 7) is 6.24. The quantitative estimate of drug-likeness (QED) is 0.500. The third-order valence-electron chi connectivity index (χ3n) is 6.20. The summed E-state index contributed by atoms with van der Waals surface area (Å²) in [6, 6.07) is 15.0. The first-order chi connectivity index (χ1) is 15.7. The summed E-state index contributed by atoms with van der Waals surface area (Å²) in [4.78, 5) is 26.7. The minimum atomic E-state index is -0.598. The number of allylic oxidation sites excluding steroid dienone is 3. The van der Waals surface area contributed by atoms with E-state index in [0.717, 1.165) is 11.3 Å². The molecule has 0 amide bonds. The molecule has 4 nitrogen and oxygen atoms in total. The summed E-state index contributed by atoms with van der Waals surface area (Å²) in [7, 11) is 0. The van der Waals surface area contributed by atoms with Gasteiger partial charge < -0.3 is 10.1 Å². The summed E-state index contributed by atoms with van der Waals surface area (Å²) in [5.74, 6) is -1.03. The second-order valence-electron chi connectivity index (χ2n) is 9.47. The molecule has 1 atom stereocenters. The van der Waals surface area contributed by atoms with Crippen LogP contribution in [-0.4, -0.2) is 18.4 Å². The van der Waals surface area contributed by atoms with E-state index in [9.17, 15) is 9.59 Å². The van der Waals surface area contributed by atoms with Crippen LogP contribution in [-0.2, 0) is 20.7 Å². The highest BCUT2D eigenvalue weighted by Gasteiger charge is 2.43. The maximum Gasteiger partial charge on any atom is 0.336 e. The van der Waals surface area contributed by atoms with Crippen LogP contribution in [0.5, 0.6) is 0 Å². The first kappa shape index (κ1) is 23.6. The Morgan fingerprint density at radius 3 is 2.55 bits per heavy atom. The number of ketones is 1. The standard InChI is InChI=1S/C27H27Cl2NO3/c1-16-23(26(32)33-12-11-17-7-5-4-6-8-17)24(19-10-9-18(28)13-20(19)29)25-21(30-16)14-27(2,3)15-22(25)31/h4-10,13,24,30H,11-12,14-15H2,1-3H3. The number of rotatable bonds is 5. The summed E-state index contributed by atoms with van der Waals surface area (Å²) in [6.07, 6.45) is 1.73. The van der Waals surface area contributed by atoms with Gasteiger partial charge in [-0.3, -0.25) is 4.79 Å². The van der Waals surface area contributed by atoms with Gasteiger partial charge in [-0.15, -0.1) is 0 Å². The zero-order valence-electron chi connectivity index (χ0n) is 19.0. The largest absolute Gasteiger partial charge is 0.462 e. The lowest BCUT2D eigenvalue weighted by Crippen LogP contribution is -2.38. The van der Waals surface area contributed by atoms with Gasteiger partial charge in [0.1, 0.15) is 0 Å². The molecule has 1 aliphatic carbocycles. The fourth-order valence-corrected chi connectivity index (χ4v) is 5.25. The van der Waals surface area contributed by atoms with Crippen molar-refractivity contribution in [3.8, 4) is 0 Å². The average molecular weight is 484 g/mol. The number of carbonyl (C=O) groups excluding carboxylic acids is 2. The number of carbonyl (C=O) groups is 2. The van der Waals surface area contributed by atoms with E-state index in [1.807, 2.05) is 37.3 Å². The second kappa shape index (κ2) is 9.36. The number of ether oxygens (including phenoxy) is 1. The van der Waals surface area contributed by atoms with Crippen LogP contribution in [0.2, 0.25) is 10.0 Å². The highest BCUT2D eigenvalue weighted by Crippen LogP contribution is 2.48. The summed E-state index contributed by atoms with van der Waals surface area (Å²) >= 11 is 12.7. The lowest BCUT2D eigenvalue weighted by atomic mass is 9.68. The van der Waals surface area contributed by atoms with Crippen LogP contribution in [0.1, 0.15) is 50.7 Å². The van der Waals surface area contributed by atoms with Crippen LogP contribution in [0, 0.1) is 5.41 Å². The van der Waals surface area contributed by atoms with Gasteiger partial charge in [0.15, 0.2) is 5.78 Å². The Balaban J connectivity index is 1.70. The third kappa shape index (κ3) is 5.02. The molecule has 1 heterocycles. The molecule has 1 N–H and O–H groups in total. The van der Waals surface area contributed by atoms with Crippen molar-refractivity contribution >= 4 is 35.0 Å². The van der Waals surface area contributed by atoms with E-state index < -0.39 is 11.9 Å². The van der Waals surface area contributed by atoms with Gasteiger partial charge >= 0.3 is 5.97 Å². The van der Waals surface area contributed by atoms with E-state index in [2.05, 4.69) is 19.2 Å². The average Bonchev–Trinajstić information content (AvgIpc) is 2.72. The molecule has 0 bridgehead atoms. The first-order valence-electron chi connectivity index (χ1n) is 11.1. The highest BCUT2D eigenvalue weighted by molar-refractivity contribution is 6.35. The van der Waals surface area contributed by atoms with Gasteiger partial charge in [0.05, 0.1) is 12.2 Å². The monoisotopic (exact) mass is 483 g/mol. The number of halogens is 2. The minimum absolute atomic E-state index is 0.0202. The zero-order valence-corrected chi connectivity index (χ0v) is 20.5. The highest BCUT2D eigenvalue weighted by atomic mass is 35.5. The van der Waals surface area contributed by atoms with Crippen molar-refractivity contribution in [2.45, 2.75) is 46.0 Å². The second-order valence-corrected chi connectivity index (χ2v) is 10.3. The predicted molar refractivity (Wildman–Crippen MR) is 131 cm³/mol. The SMILES string of the molecule is CC1=C(C(=O)OCCc2ccccc2)C(c2ccc(Cl)cc2Cl)C2=C(CC(C)(C)CC2=O)N1. The molecule has 172 valence electrons. The molecule has 33 heavy (non-hydrogen) atoms. The molecule has 2 aromatic carbocycles. The lowest BCUT2D eigenvalue weighted by Gasteiger charge is -2.39. The molecule has 0 saturated carbocycles. The van der Waals surface area contributed by atoms with E-state index >= 15 is 0 Å². The molecule has 4 rings (SSSR count). The Labute approximate surface area is 204 Å². The predicted octanol–water partition coefficient (Wildman–Crippen LogP) is 6.38. The first-order valence-corrected chi connectivity index (χ1v) is 11.8. The van der Waals surface area contributed by atoms with Crippen molar-refractivity contribution in [2.75, 3.05) is 6.61 Å². The lowest BCUT2D eigenvalue weighted by molar-refractivity contribution is -0.139. The normalized spacial score (nSPS) is 19.8. The van der Waals surface area contributed by atoms with E-state index in [-0.39, 0.29) is 17.8 Å². The maximum absolute atomic E-state index is 13.3. The van der Waals surface area contributed by atoms with Crippen LogP contribution in [0.15, 0.2) is 71.1 Å². The van der Waals surface area contributed by atoms with E-state index in [4.69, 9.17) is 27.9 Å². The van der Waals surface area contributed by atoms with Crippen molar-refractivity contribution in [2.24, 2.45) is 5.41 Å². The Morgan fingerprint density at radius 1 is 1.12 bits per heavy atom. The fraction of sp³-hybridized carbons (Fsp3) is 0.333. The Morgan fingerprint density at radius 2 is 1.85 bits per heavy atom. The number of esters is 1. The van der Waals surface area contributed by atoms with Gasteiger partial charge in [-0.2, -0.15) is 0 Å². The number of Topliss-reactive ketones (excluding diaryl/α,β-unsaturated/α-hetero) is 1. The summed E-state index contributed by atoms with van der Waals surface area (Å²) in [5, 5.41) is 4.26. The molecule has 0 saturated heterocycles. The summed E-state index contributed by atoms with van der Waals surface area (Å²) in [5.41, 5.74) is 4.15. The topological polar surface area (TPSA) is 55.4 Å². The number of dihydropyridines is 1. The van der Waals surface area contributed by atoms with E-state index in [1.165, 1.54) is 0 Å².